The van der Waals surface area contributed by atoms with Crippen molar-refractivity contribution in [1.29, 1.82) is 0 Å². The number of primary amides is 1. The number of carbonyl (C=O) groups is 3. The Morgan fingerprint density at radius 3 is 2.45 bits per heavy atom. The maximum Gasteiger partial charge on any atom is 0.273 e. The molecule has 196 valence electrons. The molecule has 3 amide bonds. The highest BCUT2D eigenvalue weighted by atomic mass is 32.1. The second-order valence-electron chi connectivity index (χ2n) is 9.73. The molecule has 0 radical (unpaired) electrons. The highest BCUT2D eigenvalue weighted by Crippen LogP contribution is 2.34. The van der Waals surface area contributed by atoms with Crippen molar-refractivity contribution in [2.24, 2.45) is 5.73 Å². The molecule has 9 nitrogen and oxygen atoms in total. The molecule has 2 heterocycles. The van der Waals surface area contributed by atoms with Gasteiger partial charge in [0.05, 0.1) is 11.2 Å². The summed E-state index contributed by atoms with van der Waals surface area (Å²) in [6.45, 7) is 7.75. The Morgan fingerprint density at radius 2 is 1.82 bits per heavy atom. The maximum atomic E-state index is 14.2. The summed E-state index contributed by atoms with van der Waals surface area (Å²) in [5.41, 5.74) is 13.5. The molecule has 0 saturated heterocycles. The quantitative estimate of drug-likeness (QED) is 0.308. The molecule has 4 rings (SSSR count). The molecule has 2 aromatic carbocycles. The van der Waals surface area contributed by atoms with Crippen LogP contribution in [0.3, 0.4) is 0 Å². The summed E-state index contributed by atoms with van der Waals surface area (Å²) in [7, 11) is 0. The molecule has 5 N–H and O–H groups in total. The van der Waals surface area contributed by atoms with E-state index in [0.29, 0.717) is 17.7 Å². The highest BCUT2D eigenvalue weighted by Gasteiger charge is 2.37. The Labute approximate surface area is 225 Å². The van der Waals surface area contributed by atoms with Gasteiger partial charge < -0.3 is 16.8 Å². The summed E-state index contributed by atoms with van der Waals surface area (Å²) in [4.78, 5) is 45.8. The molecule has 0 saturated carbocycles. The molecular weight excluding hydrogens is 500 g/mol. The minimum atomic E-state index is -1.07. The lowest BCUT2D eigenvalue weighted by Gasteiger charge is -2.34. The average molecular weight is 531 g/mol. The molecule has 0 aliphatic carbocycles. The van der Waals surface area contributed by atoms with Gasteiger partial charge in [-0.05, 0) is 74.6 Å². The molecule has 1 atom stereocenters. The van der Waals surface area contributed by atoms with Crippen LogP contribution in [-0.2, 0) is 4.79 Å². The second kappa shape index (κ2) is 10.6. The van der Waals surface area contributed by atoms with Crippen LogP contribution in [0.25, 0.3) is 10.9 Å². The molecule has 0 bridgehead atoms. The highest BCUT2D eigenvalue weighted by molar-refractivity contribution is 7.09. The van der Waals surface area contributed by atoms with Gasteiger partial charge in [0.15, 0.2) is 5.69 Å². The predicted octanol–water partition coefficient (Wildman–Crippen LogP) is 4.37. The smallest absolute Gasteiger partial charge is 0.273 e. The number of pyridine rings is 1. The van der Waals surface area contributed by atoms with Gasteiger partial charge in [0.25, 0.3) is 11.8 Å². The van der Waals surface area contributed by atoms with Crippen molar-refractivity contribution >= 4 is 51.5 Å². The predicted molar refractivity (Wildman–Crippen MR) is 150 cm³/mol. The van der Waals surface area contributed by atoms with Gasteiger partial charge in [-0.15, -0.1) is 0 Å². The Bertz CT molecular complexity index is 1510. The third kappa shape index (κ3) is 5.35. The molecule has 10 heteroatoms. The van der Waals surface area contributed by atoms with Crippen molar-refractivity contribution < 1.29 is 14.4 Å². The van der Waals surface area contributed by atoms with Gasteiger partial charge in [0.1, 0.15) is 10.9 Å². The van der Waals surface area contributed by atoms with Crippen molar-refractivity contribution in [2.45, 2.75) is 45.7 Å². The number of nitrogen functional groups attached to an aromatic ring is 1. The van der Waals surface area contributed by atoms with Crippen molar-refractivity contribution in [2.75, 3.05) is 10.6 Å². The minimum Gasteiger partial charge on any atom is -0.395 e. The number of amides is 3. The number of anilines is 2. The Kier molecular flexibility index (Phi) is 7.45. The van der Waals surface area contributed by atoms with Gasteiger partial charge in [0, 0.05) is 22.8 Å². The van der Waals surface area contributed by atoms with E-state index < -0.39 is 23.4 Å². The van der Waals surface area contributed by atoms with Crippen molar-refractivity contribution in [1.82, 2.24) is 14.7 Å². The molecule has 2 aromatic heterocycles. The van der Waals surface area contributed by atoms with E-state index in [1.807, 2.05) is 64.1 Å². The first-order valence-corrected chi connectivity index (χ1v) is 12.9. The fourth-order valence-electron chi connectivity index (χ4n) is 4.00. The number of rotatable bonds is 8. The fraction of sp³-hybridized carbons (Fsp3) is 0.250. The van der Waals surface area contributed by atoms with E-state index in [1.165, 1.54) is 4.90 Å². The summed E-state index contributed by atoms with van der Waals surface area (Å²) in [6.07, 6.45) is 2.37. The van der Waals surface area contributed by atoms with E-state index in [4.69, 9.17) is 11.5 Å². The van der Waals surface area contributed by atoms with E-state index in [2.05, 4.69) is 14.7 Å². The number of aryl methyl sites for hydroxylation is 1. The minimum absolute atomic E-state index is 0.0226. The van der Waals surface area contributed by atoms with Crippen LogP contribution in [0.4, 0.5) is 11.4 Å². The monoisotopic (exact) mass is 530 g/mol. The van der Waals surface area contributed by atoms with Gasteiger partial charge in [0.2, 0.25) is 5.91 Å². The number of benzene rings is 2. The number of aromatic nitrogens is 2. The number of nitrogens with one attached hydrogen (secondary N) is 1. The Morgan fingerprint density at radius 1 is 1.11 bits per heavy atom. The van der Waals surface area contributed by atoms with Gasteiger partial charge >= 0.3 is 0 Å². The fourth-order valence-corrected chi connectivity index (χ4v) is 4.74. The van der Waals surface area contributed by atoms with Gasteiger partial charge in [-0.3, -0.25) is 24.3 Å². The molecule has 4 aromatic rings. The van der Waals surface area contributed by atoms with Crippen LogP contribution in [0.5, 0.6) is 0 Å². The number of nitrogens with two attached hydrogens (primary N) is 2. The van der Waals surface area contributed by atoms with Crippen molar-refractivity contribution in [3.8, 4) is 0 Å². The topological polar surface area (TPSA) is 144 Å². The lowest BCUT2D eigenvalue weighted by Crippen LogP contribution is -2.50. The molecule has 1 unspecified atom stereocenters. The zero-order valence-corrected chi connectivity index (χ0v) is 22.5. The summed E-state index contributed by atoms with van der Waals surface area (Å²) in [5.74, 6) is -1.77. The molecule has 0 spiro atoms. The zero-order valence-electron chi connectivity index (χ0n) is 21.7. The van der Waals surface area contributed by atoms with Crippen LogP contribution in [0.15, 0.2) is 60.8 Å². The number of hydrogen-bond donors (Lipinski definition) is 3. The first-order valence-electron chi connectivity index (χ1n) is 12.1. The van der Waals surface area contributed by atoms with Crippen LogP contribution in [0, 0.1) is 6.92 Å². The van der Waals surface area contributed by atoms with Crippen molar-refractivity contribution in [3.63, 3.8) is 0 Å². The Hall–Kier alpha value is -4.31. The molecule has 0 fully saturated rings. The van der Waals surface area contributed by atoms with Gasteiger partial charge in [-0.1, -0.05) is 36.8 Å². The lowest BCUT2D eigenvalue weighted by atomic mass is 9.97. The van der Waals surface area contributed by atoms with Crippen LogP contribution in [0.2, 0.25) is 0 Å². The molecule has 0 aliphatic rings. The van der Waals surface area contributed by atoms with Gasteiger partial charge in [-0.25, -0.2) is 0 Å². The van der Waals surface area contributed by atoms with E-state index >= 15 is 0 Å². The molecule has 38 heavy (non-hydrogen) atoms. The Balaban J connectivity index is 1.94. The van der Waals surface area contributed by atoms with E-state index in [0.717, 1.165) is 28.0 Å². The van der Waals surface area contributed by atoms with Crippen LogP contribution in [-0.4, -0.2) is 32.6 Å². The summed E-state index contributed by atoms with van der Waals surface area (Å²) >= 11 is 0.775. The normalized spacial score (nSPS) is 12.2. The van der Waals surface area contributed by atoms with E-state index in [1.54, 1.807) is 24.4 Å². The largest absolute Gasteiger partial charge is 0.395 e. The van der Waals surface area contributed by atoms with E-state index in [9.17, 15) is 14.4 Å². The van der Waals surface area contributed by atoms with Crippen LogP contribution in [0.1, 0.15) is 64.5 Å². The zero-order chi connectivity index (χ0) is 27.6. The third-order valence-electron chi connectivity index (χ3n) is 6.48. The van der Waals surface area contributed by atoms with Crippen molar-refractivity contribution in [3.05, 3.63) is 82.5 Å². The third-order valence-corrected chi connectivity index (χ3v) is 7.33. The average Bonchev–Trinajstić information content (AvgIpc) is 3.28. The van der Waals surface area contributed by atoms with Gasteiger partial charge in [-0.2, -0.15) is 4.37 Å². The summed E-state index contributed by atoms with van der Waals surface area (Å²) in [5, 5.41) is 3.91. The van der Waals surface area contributed by atoms with Crippen LogP contribution >= 0.6 is 11.5 Å². The number of fused-ring (bicyclic) bond motifs is 1. The van der Waals surface area contributed by atoms with E-state index in [-0.39, 0.29) is 22.2 Å². The second-order valence-corrected chi connectivity index (χ2v) is 10.5. The number of hydrogen-bond acceptors (Lipinski definition) is 7. The summed E-state index contributed by atoms with van der Waals surface area (Å²) < 4.78 is 4.00. The maximum absolute atomic E-state index is 14.2. The number of carbonyl (C=O) groups excluding carboxylic acids is 3. The SMILES string of the molecule is CCC(C)(C)NC(=O)C(c1ccc2ncccc2c1)N(C(=O)c1snc(C(N)=O)c1N)c1ccc(C)cc1. The first-order chi connectivity index (χ1) is 18.0. The van der Waals surface area contributed by atoms with Crippen LogP contribution < -0.4 is 21.7 Å². The summed E-state index contributed by atoms with van der Waals surface area (Å²) in [6, 6.07) is 15.4. The molecule has 0 aliphatic heterocycles. The molecular formula is C28H30N6O3S. The standard InChI is InChI=1S/C28H30N6O3S/c1-5-28(3,4)32-26(36)23(18-10-13-20-17(15-18)7-6-14-31-20)34(19-11-8-16(2)9-12-19)27(37)24-21(29)22(25(30)35)33-38-24/h6-15,23H,5,29H2,1-4H3,(H2,30,35)(H,32,36). The first kappa shape index (κ1) is 26.7. The lowest BCUT2D eigenvalue weighted by molar-refractivity contribution is -0.124. The number of nitrogens with zero attached hydrogens (tertiary/aromatic N) is 3.